The Balaban J connectivity index is 1.65. The lowest BCUT2D eigenvalue weighted by Crippen LogP contribution is -2.35. The van der Waals surface area contributed by atoms with Crippen molar-refractivity contribution in [1.29, 1.82) is 0 Å². The van der Waals surface area contributed by atoms with Gasteiger partial charge in [0, 0.05) is 6.07 Å². The monoisotopic (exact) mass is 393 g/mol. The summed E-state index contributed by atoms with van der Waals surface area (Å²) in [7, 11) is 0. The average Bonchev–Trinajstić information content (AvgIpc) is 2.66. The molecular formula is C20H21ClFNO4. The highest BCUT2D eigenvalue weighted by molar-refractivity contribution is 6.30. The van der Waals surface area contributed by atoms with Crippen molar-refractivity contribution >= 4 is 17.5 Å². The standard InChI is InChI=1S/C20H21ClFNO4/c1-12(2)20(13-3-6-17-18(9-13)26-8-7-25-17)23-19(24)11-27-14-4-5-16(22)15(21)10-14/h3-6,9-10,12,20H,7-8,11H2,1-2H3,(H,23,24)/t20-/m0/s1. The second-order valence-electron chi connectivity index (χ2n) is 6.56. The summed E-state index contributed by atoms with van der Waals surface area (Å²) in [6.45, 7) is 4.87. The quantitative estimate of drug-likeness (QED) is 0.801. The number of hydrogen-bond donors (Lipinski definition) is 1. The molecule has 1 aliphatic heterocycles. The molecule has 2 aromatic rings. The molecule has 0 unspecified atom stereocenters. The van der Waals surface area contributed by atoms with E-state index in [0.717, 1.165) is 5.56 Å². The first-order chi connectivity index (χ1) is 12.9. The second kappa shape index (κ2) is 8.48. The highest BCUT2D eigenvalue weighted by Gasteiger charge is 2.21. The Bertz CT molecular complexity index is 828. The van der Waals surface area contributed by atoms with E-state index in [2.05, 4.69) is 5.32 Å². The minimum Gasteiger partial charge on any atom is -0.486 e. The van der Waals surface area contributed by atoms with E-state index in [1.807, 2.05) is 32.0 Å². The molecule has 0 aliphatic carbocycles. The summed E-state index contributed by atoms with van der Waals surface area (Å²) >= 11 is 5.72. The molecule has 1 amide bonds. The third-order valence-corrected chi connectivity index (χ3v) is 4.46. The Kier molecular flexibility index (Phi) is 6.06. The van der Waals surface area contributed by atoms with Crippen LogP contribution in [0.1, 0.15) is 25.5 Å². The zero-order chi connectivity index (χ0) is 19.4. The van der Waals surface area contributed by atoms with E-state index in [1.165, 1.54) is 18.2 Å². The van der Waals surface area contributed by atoms with Gasteiger partial charge in [0.25, 0.3) is 5.91 Å². The van der Waals surface area contributed by atoms with Crippen LogP contribution < -0.4 is 19.5 Å². The van der Waals surface area contributed by atoms with Crippen LogP contribution in [0, 0.1) is 11.7 Å². The minimum absolute atomic E-state index is 0.0516. The molecule has 144 valence electrons. The fourth-order valence-corrected chi connectivity index (χ4v) is 2.99. The molecule has 27 heavy (non-hydrogen) atoms. The van der Waals surface area contributed by atoms with Crippen LogP contribution >= 0.6 is 11.6 Å². The van der Waals surface area contributed by atoms with Gasteiger partial charge in [0.05, 0.1) is 11.1 Å². The summed E-state index contributed by atoms with van der Waals surface area (Å²) in [5.41, 5.74) is 0.924. The topological polar surface area (TPSA) is 56.8 Å². The Hall–Kier alpha value is -2.47. The molecule has 0 saturated heterocycles. The first kappa shape index (κ1) is 19.3. The number of carbonyl (C=O) groups is 1. The molecule has 1 aliphatic rings. The van der Waals surface area contributed by atoms with E-state index in [0.29, 0.717) is 30.5 Å². The van der Waals surface area contributed by atoms with E-state index >= 15 is 0 Å². The molecule has 3 rings (SSSR count). The van der Waals surface area contributed by atoms with Gasteiger partial charge in [0.1, 0.15) is 24.8 Å². The fraction of sp³-hybridized carbons (Fsp3) is 0.350. The maximum atomic E-state index is 13.2. The SMILES string of the molecule is CC(C)[C@H](NC(=O)COc1ccc(F)c(Cl)c1)c1ccc2c(c1)OCCO2. The molecule has 5 nitrogen and oxygen atoms in total. The summed E-state index contributed by atoms with van der Waals surface area (Å²) < 4.78 is 29.7. The van der Waals surface area contributed by atoms with Gasteiger partial charge in [-0.05, 0) is 35.7 Å². The maximum Gasteiger partial charge on any atom is 0.258 e. The zero-order valence-electron chi connectivity index (χ0n) is 15.1. The number of ether oxygens (including phenoxy) is 3. The number of nitrogens with one attached hydrogen (secondary N) is 1. The van der Waals surface area contributed by atoms with Crippen LogP contribution in [0.5, 0.6) is 17.2 Å². The molecule has 1 N–H and O–H groups in total. The van der Waals surface area contributed by atoms with Gasteiger partial charge >= 0.3 is 0 Å². The van der Waals surface area contributed by atoms with Gasteiger partial charge < -0.3 is 19.5 Å². The van der Waals surface area contributed by atoms with Gasteiger partial charge in [-0.15, -0.1) is 0 Å². The van der Waals surface area contributed by atoms with Crippen molar-refractivity contribution in [3.63, 3.8) is 0 Å². The number of carbonyl (C=O) groups excluding carboxylic acids is 1. The highest BCUT2D eigenvalue weighted by atomic mass is 35.5. The Labute approximate surface area is 162 Å². The van der Waals surface area contributed by atoms with E-state index in [-0.39, 0.29) is 29.5 Å². The number of hydrogen-bond acceptors (Lipinski definition) is 4. The molecule has 1 atom stereocenters. The molecule has 0 bridgehead atoms. The predicted octanol–water partition coefficient (Wildman–Crippen LogP) is 4.14. The third-order valence-electron chi connectivity index (χ3n) is 4.17. The van der Waals surface area contributed by atoms with E-state index in [9.17, 15) is 9.18 Å². The van der Waals surface area contributed by atoms with Crippen molar-refractivity contribution < 1.29 is 23.4 Å². The van der Waals surface area contributed by atoms with Gasteiger partial charge in [0.15, 0.2) is 18.1 Å². The number of halogens is 2. The van der Waals surface area contributed by atoms with Crippen molar-refractivity contribution in [1.82, 2.24) is 5.32 Å². The maximum absolute atomic E-state index is 13.2. The summed E-state index contributed by atoms with van der Waals surface area (Å²) in [5, 5.41) is 2.92. The number of rotatable bonds is 6. The molecule has 0 aromatic heterocycles. The Morgan fingerprint density at radius 2 is 1.93 bits per heavy atom. The summed E-state index contributed by atoms with van der Waals surface area (Å²) in [5.74, 6) is 1.04. The van der Waals surface area contributed by atoms with Crippen molar-refractivity contribution in [2.45, 2.75) is 19.9 Å². The van der Waals surface area contributed by atoms with Crippen molar-refractivity contribution in [3.05, 3.63) is 52.8 Å². The van der Waals surface area contributed by atoms with Crippen LogP contribution in [0.25, 0.3) is 0 Å². The lowest BCUT2D eigenvalue weighted by atomic mass is 9.95. The van der Waals surface area contributed by atoms with E-state index < -0.39 is 5.82 Å². The Morgan fingerprint density at radius 3 is 2.63 bits per heavy atom. The zero-order valence-corrected chi connectivity index (χ0v) is 15.9. The summed E-state index contributed by atoms with van der Waals surface area (Å²) in [6, 6.07) is 9.40. The molecule has 0 radical (unpaired) electrons. The molecule has 2 aromatic carbocycles. The molecule has 1 heterocycles. The van der Waals surface area contributed by atoms with E-state index in [1.54, 1.807) is 0 Å². The average molecular weight is 394 g/mol. The fourth-order valence-electron chi connectivity index (χ4n) is 2.82. The number of amides is 1. The normalized spacial score (nSPS) is 14.0. The van der Waals surface area contributed by atoms with Crippen molar-refractivity contribution in [2.75, 3.05) is 19.8 Å². The minimum atomic E-state index is -0.535. The molecular weight excluding hydrogens is 373 g/mol. The number of benzene rings is 2. The lowest BCUT2D eigenvalue weighted by molar-refractivity contribution is -0.124. The van der Waals surface area contributed by atoms with Crippen LogP contribution in [0.2, 0.25) is 5.02 Å². The van der Waals surface area contributed by atoms with Gasteiger partial charge in [0.2, 0.25) is 0 Å². The first-order valence-corrected chi connectivity index (χ1v) is 9.08. The van der Waals surface area contributed by atoms with Crippen LogP contribution in [0.15, 0.2) is 36.4 Å². The van der Waals surface area contributed by atoms with Crippen molar-refractivity contribution in [3.8, 4) is 17.2 Å². The molecule has 7 heteroatoms. The van der Waals surface area contributed by atoms with Crippen LogP contribution in [-0.4, -0.2) is 25.7 Å². The van der Waals surface area contributed by atoms with Crippen molar-refractivity contribution in [2.24, 2.45) is 5.92 Å². The molecule has 0 saturated carbocycles. The molecule has 0 fully saturated rings. The first-order valence-electron chi connectivity index (χ1n) is 8.71. The van der Waals surface area contributed by atoms with E-state index in [4.69, 9.17) is 25.8 Å². The summed E-state index contributed by atoms with van der Waals surface area (Å²) in [4.78, 5) is 12.3. The Morgan fingerprint density at radius 1 is 1.19 bits per heavy atom. The van der Waals surface area contributed by atoms with Crippen LogP contribution in [0.4, 0.5) is 4.39 Å². The van der Waals surface area contributed by atoms with Gasteiger partial charge in [-0.2, -0.15) is 0 Å². The highest BCUT2D eigenvalue weighted by Crippen LogP contribution is 2.34. The van der Waals surface area contributed by atoms with Crippen LogP contribution in [0.3, 0.4) is 0 Å². The van der Waals surface area contributed by atoms with Gasteiger partial charge in [-0.25, -0.2) is 4.39 Å². The number of fused-ring (bicyclic) bond motifs is 1. The van der Waals surface area contributed by atoms with Crippen LogP contribution in [-0.2, 0) is 4.79 Å². The van der Waals surface area contributed by atoms with Gasteiger partial charge in [-0.3, -0.25) is 4.79 Å². The largest absolute Gasteiger partial charge is 0.486 e. The lowest BCUT2D eigenvalue weighted by Gasteiger charge is -2.25. The predicted molar refractivity (Wildman–Crippen MR) is 100 cm³/mol. The second-order valence-corrected chi connectivity index (χ2v) is 6.96. The third kappa shape index (κ3) is 4.83. The smallest absolute Gasteiger partial charge is 0.258 e. The summed E-state index contributed by atoms with van der Waals surface area (Å²) in [6.07, 6.45) is 0. The van der Waals surface area contributed by atoms with Gasteiger partial charge in [-0.1, -0.05) is 31.5 Å². The molecule has 0 spiro atoms.